The summed E-state index contributed by atoms with van der Waals surface area (Å²) >= 11 is 5.37. The summed E-state index contributed by atoms with van der Waals surface area (Å²) in [6.07, 6.45) is 4.80. The third-order valence-electron chi connectivity index (χ3n) is 2.49. The van der Waals surface area contributed by atoms with E-state index in [-0.39, 0.29) is 12.5 Å². The Balaban J connectivity index is 3.61. The SMILES string of the molecule is CCCCCCCOC(=O)C(C)NC(=O)OCCCl. The largest absolute Gasteiger partial charge is 0.464 e. The summed E-state index contributed by atoms with van der Waals surface area (Å²) in [4.78, 5) is 22.7. The molecule has 0 aromatic heterocycles. The van der Waals surface area contributed by atoms with E-state index in [1.54, 1.807) is 6.92 Å². The first-order chi connectivity index (χ1) is 9.11. The molecule has 0 aliphatic rings. The van der Waals surface area contributed by atoms with Crippen LogP contribution in [-0.2, 0) is 14.3 Å². The van der Waals surface area contributed by atoms with Crippen molar-refractivity contribution in [3.63, 3.8) is 0 Å². The predicted octanol–water partition coefficient (Wildman–Crippen LogP) is 2.85. The molecule has 0 aliphatic heterocycles. The fourth-order valence-corrected chi connectivity index (χ4v) is 1.49. The first-order valence-electron chi connectivity index (χ1n) is 6.77. The van der Waals surface area contributed by atoms with Crippen LogP contribution in [0, 0.1) is 0 Å². The first kappa shape index (κ1) is 18.0. The van der Waals surface area contributed by atoms with Gasteiger partial charge in [-0.25, -0.2) is 9.59 Å². The van der Waals surface area contributed by atoms with Gasteiger partial charge in [-0.15, -0.1) is 11.6 Å². The number of halogens is 1. The second-order valence-electron chi connectivity index (χ2n) is 4.27. The smallest absolute Gasteiger partial charge is 0.407 e. The predicted molar refractivity (Wildman–Crippen MR) is 74.4 cm³/mol. The van der Waals surface area contributed by atoms with Gasteiger partial charge in [0.05, 0.1) is 12.5 Å². The van der Waals surface area contributed by atoms with Crippen LogP contribution in [0.1, 0.15) is 46.0 Å². The van der Waals surface area contributed by atoms with E-state index in [0.29, 0.717) is 6.61 Å². The molecule has 1 unspecified atom stereocenters. The first-order valence-corrected chi connectivity index (χ1v) is 7.31. The average molecular weight is 294 g/mol. The Labute approximate surface area is 120 Å². The number of hydrogen-bond acceptors (Lipinski definition) is 4. The zero-order valence-corrected chi connectivity index (χ0v) is 12.5. The number of esters is 1. The van der Waals surface area contributed by atoms with E-state index in [9.17, 15) is 9.59 Å². The zero-order valence-electron chi connectivity index (χ0n) is 11.7. The highest BCUT2D eigenvalue weighted by Gasteiger charge is 2.17. The molecular formula is C13H24ClNO4. The van der Waals surface area contributed by atoms with Gasteiger partial charge in [0.2, 0.25) is 0 Å². The third kappa shape index (κ3) is 10.6. The number of carbonyl (C=O) groups excluding carboxylic acids is 2. The molecule has 0 saturated heterocycles. The van der Waals surface area contributed by atoms with Gasteiger partial charge in [-0.3, -0.25) is 0 Å². The van der Waals surface area contributed by atoms with Crippen molar-refractivity contribution in [2.45, 2.75) is 52.0 Å². The van der Waals surface area contributed by atoms with Crippen LogP contribution in [0.25, 0.3) is 0 Å². The Kier molecular flexibility index (Phi) is 11.5. The van der Waals surface area contributed by atoms with Crippen LogP contribution in [0.15, 0.2) is 0 Å². The summed E-state index contributed by atoms with van der Waals surface area (Å²) in [5.74, 6) is -0.220. The van der Waals surface area contributed by atoms with Crippen molar-refractivity contribution in [2.75, 3.05) is 19.1 Å². The van der Waals surface area contributed by atoms with E-state index < -0.39 is 18.1 Å². The molecule has 0 radical (unpaired) electrons. The van der Waals surface area contributed by atoms with Crippen molar-refractivity contribution in [3.05, 3.63) is 0 Å². The Morgan fingerprint density at radius 3 is 2.42 bits per heavy atom. The monoisotopic (exact) mass is 293 g/mol. The minimum atomic E-state index is -0.710. The van der Waals surface area contributed by atoms with Crippen LogP contribution in [0.5, 0.6) is 0 Å². The number of amides is 1. The molecule has 0 heterocycles. The highest BCUT2D eigenvalue weighted by Crippen LogP contribution is 2.02. The highest BCUT2D eigenvalue weighted by atomic mass is 35.5. The van der Waals surface area contributed by atoms with E-state index >= 15 is 0 Å². The number of rotatable bonds is 10. The lowest BCUT2D eigenvalue weighted by atomic mass is 10.2. The lowest BCUT2D eigenvalue weighted by Crippen LogP contribution is -2.40. The number of hydrogen-bond donors (Lipinski definition) is 1. The normalized spacial score (nSPS) is 11.7. The average Bonchev–Trinajstić information content (AvgIpc) is 2.40. The fourth-order valence-electron chi connectivity index (χ4n) is 1.41. The summed E-state index contributed by atoms with van der Waals surface area (Å²) in [6, 6.07) is -0.710. The van der Waals surface area contributed by atoms with E-state index in [2.05, 4.69) is 12.2 Å². The molecule has 6 heteroatoms. The third-order valence-corrected chi connectivity index (χ3v) is 2.64. The number of alkyl halides is 1. The Bertz CT molecular complexity index is 261. The van der Waals surface area contributed by atoms with Crippen molar-refractivity contribution in [2.24, 2.45) is 0 Å². The quantitative estimate of drug-likeness (QED) is 0.382. The number of alkyl carbamates (subject to hydrolysis) is 1. The molecule has 1 amide bonds. The van der Waals surface area contributed by atoms with Crippen LogP contribution in [0.4, 0.5) is 4.79 Å². The molecule has 112 valence electrons. The molecule has 0 fully saturated rings. The second kappa shape index (κ2) is 12.1. The molecule has 0 spiro atoms. The van der Waals surface area contributed by atoms with Gasteiger partial charge >= 0.3 is 12.1 Å². The number of carbonyl (C=O) groups is 2. The zero-order chi connectivity index (χ0) is 14.5. The topological polar surface area (TPSA) is 64.6 Å². The summed E-state index contributed by atoms with van der Waals surface area (Å²) in [7, 11) is 0. The highest BCUT2D eigenvalue weighted by molar-refractivity contribution is 6.18. The van der Waals surface area contributed by atoms with E-state index in [0.717, 1.165) is 19.3 Å². The summed E-state index contributed by atoms with van der Waals surface area (Å²) in [5.41, 5.74) is 0. The van der Waals surface area contributed by atoms with Crippen molar-refractivity contribution < 1.29 is 19.1 Å². The summed E-state index contributed by atoms with van der Waals surface area (Å²) < 4.78 is 9.75. The number of unbranched alkanes of at least 4 members (excludes halogenated alkanes) is 4. The van der Waals surface area contributed by atoms with Crippen molar-refractivity contribution in [3.8, 4) is 0 Å². The van der Waals surface area contributed by atoms with Crippen LogP contribution < -0.4 is 5.32 Å². The van der Waals surface area contributed by atoms with Crippen molar-refractivity contribution in [1.29, 1.82) is 0 Å². The molecule has 1 atom stereocenters. The maximum absolute atomic E-state index is 11.5. The summed E-state index contributed by atoms with van der Waals surface area (Å²) in [5, 5.41) is 2.38. The standard InChI is InChI=1S/C13H24ClNO4/c1-3-4-5-6-7-9-18-12(16)11(2)15-13(17)19-10-8-14/h11H,3-10H2,1-2H3,(H,15,17). The second-order valence-corrected chi connectivity index (χ2v) is 4.65. The minimum absolute atomic E-state index is 0.118. The minimum Gasteiger partial charge on any atom is -0.464 e. The summed E-state index contributed by atoms with van der Waals surface area (Å²) in [6.45, 7) is 4.22. The molecule has 5 nitrogen and oxygen atoms in total. The molecule has 0 saturated carbocycles. The molecule has 1 N–H and O–H groups in total. The molecule has 0 aromatic rings. The Morgan fingerprint density at radius 2 is 1.79 bits per heavy atom. The van der Waals surface area contributed by atoms with Crippen LogP contribution in [-0.4, -0.2) is 37.2 Å². The molecule has 0 bridgehead atoms. The van der Waals surface area contributed by atoms with E-state index in [1.165, 1.54) is 12.8 Å². The van der Waals surface area contributed by atoms with Gasteiger partial charge in [-0.05, 0) is 13.3 Å². The number of ether oxygens (including phenoxy) is 2. The molecule has 0 aromatic carbocycles. The van der Waals surface area contributed by atoms with Crippen LogP contribution >= 0.6 is 11.6 Å². The van der Waals surface area contributed by atoms with Gasteiger partial charge in [0, 0.05) is 0 Å². The van der Waals surface area contributed by atoms with Gasteiger partial charge in [0.1, 0.15) is 12.6 Å². The van der Waals surface area contributed by atoms with Gasteiger partial charge in [-0.1, -0.05) is 32.6 Å². The maximum Gasteiger partial charge on any atom is 0.407 e. The van der Waals surface area contributed by atoms with E-state index in [1.807, 2.05) is 0 Å². The van der Waals surface area contributed by atoms with Gasteiger partial charge < -0.3 is 14.8 Å². The van der Waals surface area contributed by atoms with Gasteiger partial charge in [0.25, 0.3) is 0 Å². The fraction of sp³-hybridized carbons (Fsp3) is 0.846. The Morgan fingerprint density at radius 1 is 1.11 bits per heavy atom. The van der Waals surface area contributed by atoms with Crippen LogP contribution in [0.3, 0.4) is 0 Å². The van der Waals surface area contributed by atoms with Gasteiger partial charge in [-0.2, -0.15) is 0 Å². The van der Waals surface area contributed by atoms with Crippen molar-refractivity contribution in [1.82, 2.24) is 5.32 Å². The molecule has 19 heavy (non-hydrogen) atoms. The molecule has 0 rings (SSSR count). The Hall–Kier alpha value is -0.970. The lowest BCUT2D eigenvalue weighted by Gasteiger charge is -2.13. The lowest BCUT2D eigenvalue weighted by molar-refractivity contribution is -0.145. The molecule has 0 aliphatic carbocycles. The van der Waals surface area contributed by atoms with E-state index in [4.69, 9.17) is 21.1 Å². The number of nitrogens with one attached hydrogen (secondary N) is 1. The van der Waals surface area contributed by atoms with Crippen molar-refractivity contribution >= 4 is 23.7 Å². The maximum atomic E-state index is 11.5. The molecular weight excluding hydrogens is 270 g/mol. The van der Waals surface area contributed by atoms with Crippen LogP contribution in [0.2, 0.25) is 0 Å². The van der Waals surface area contributed by atoms with Gasteiger partial charge in [0.15, 0.2) is 0 Å².